The molecule has 2 aromatic rings. The third-order valence-electron chi connectivity index (χ3n) is 4.32. The molecule has 2 aromatic heterocycles. The highest BCUT2D eigenvalue weighted by Gasteiger charge is 2.23. The van der Waals surface area contributed by atoms with Crippen molar-refractivity contribution < 1.29 is 9.72 Å². The molecule has 2 heterocycles. The van der Waals surface area contributed by atoms with E-state index < -0.39 is 10.8 Å². The van der Waals surface area contributed by atoms with Crippen LogP contribution in [0.2, 0.25) is 0 Å². The van der Waals surface area contributed by atoms with Crippen LogP contribution in [0.25, 0.3) is 0 Å². The van der Waals surface area contributed by atoms with Crippen molar-refractivity contribution in [2.75, 3.05) is 17.3 Å². The minimum atomic E-state index is -0.586. The fraction of sp³-hybridized carbons (Fsp3) is 0.333. The van der Waals surface area contributed by atoms with Gasteiger partial charge < -0.3 is 5.32 Å². The molecule has 0 aromatic carbocycles. The van der Waals surface area contributed by atoms with Crippen molar-refractivity contribution in [3.63, 3.8) is 0 Å². The third kappa shape index (κ3) is 5.00. The average molecular weight is 383 g/mol. The van der Waals surface area contributed by atoms with Crippen molar-refractivity contribution >= 4 is 23.2 Å². The van der Waals surface area contributed by atoms with Crippen LogP contribution in [0, 0.1) is 10.1 Å². The summed E-state index contributed by atoms with van der Waals surface area (Å²) < 4.78 is 0. The van der Waals surface area contributed by atoms with Gasteiger partial charge in [-0.25, -0.2) is 9.97 Å². The highest BCUT2D eigenvalue weighted by molar-refractivity contribution is 5.93. The number of nitrogens with one attached hydrogen (secondary N) is 3. The van der Waals surface area contributed by atoms with Gasteiger partial charge in [-0.15, -0.1) is 0 Å². The van der Waals surface area contributed by atoms with Crippen LogP contribution in [0.4, 0.5) is 17.3 Å². The van der Waals surface area contributed by atoms with Crippen LogP contribution < -0.4 is 16.2 Å². The summed E-state index contributed by atoms with van der Waals surface area (Å²) in [4.78, 5) is 34.8. The first-order chi connectivity index (χ1) is 13.6. The summed E-state index contributed by atoms with van der Waals surface area (Å²) >= 11 is 0. The van der Waals surface area contributed by atoms with Crippen LogP contribution >= 0.6 is 0 Å². The summed E-state index contributed by atoms with van der Waals surface area (Å²) in [6.07, 6.45) is 10.3. The number of nitro groups is 1. The number of hydrogen-bond donors (Lipinski definition) is 3. The monoisotopic (exact) mass is 383 g/mol. The van der Waals surface area contributed by atoms with Crippen LogP contribution in [-0.4, -0.2) is 32.3 Å². The lowest BCUT2D eigenvalue weighted by Gasteiger charge is -2.14. The Hall–Kier alpha value is -3.56. The molecule has 1 amide bonds. The van der Waals surface area contributed by atoms with Gasteiger partial charge in [0.2, 0.25) is 11.6 Å². The maximum absolute atomic E-state index is 12.1. The molecule has 1 aliphatic rings. The molecule has 0 radical (unpaired) electrons. The molecule has 3 N–H and O–H groups in total. The van der Waals surface area contributed by atoms with E-state index in [1.807, 2.05) is 0 Å². The number of carbonyl (C=O) groups excluding carboxylic acids is 1. The molecule has 0 saturated heterocycles. The van der Waals surface area contributed by atoms with Gasteiger partial charge in [0.05, 0.1) is 4.92 Å². The number of rotatable bonds is 8. The molecule has 10 heteroatoms. The second-order valence-electron chi connectivity index (χ2n) is 6.26. The smallest absolute Gasteiger partial charge is 0.354 e. The normalized spacial score (nSPS) is 13.4. The highest BCUT2D eigenvalue weighted by Crippen LogP contribution is 2.28. The molecule has 0 aliphatic heterocycles. The lowest BCUT2D eigenvalue weighted by Crippen LogP contribution is -2.31. The molecule has 0 saturated carbocycles. The molecule has 0 unspecified atom stereocenters. The van der Waals surface area contributed by atoms with E-state index in [-0.39, 0.29) is 23.0 Å². The quantitative estimate of drug-likeness (QED) is 0.360. The highest BCUT2D eigenvalue weighted by atomic mass is 16.6. The van der Waals surface area contributed by atoms with E-state index in [4.69, 9.17) is 0 Å². The van der Waals surface area contributed by atoms with Crippen molar-refractivity contribution in [1.82, 2.24) is 20.4 Å². The molecule has 28 heavy (non-hydrogen) atoms. The third-order valence-corrected chi connectivity index (χ3v) is 4.32. The molecule has 10 nitrogen and oxygen atoms in total. The Bertz CT molecular complexity index is 871. The van der Waals surface area contributed by atoms with E-state index in [9.17, 15) is 14.9 Å². The van der Waals surface area contributed by atoms with Gasteiger partial charge in [-0.2, -0.15) is 0 Å². The Morgan fingerprint density at radius 3 is 2.75 bits per heavy atom. The minimum absolute atomic E-state index is 0.103. The van der Waals surface area contributed by atoms with E-state index in [0.717, 1.165) is 19.3 Å². The zero-order valence-corrected chi connectivity index (χ0v) is 15.2. The fourth-order valence-electron chi connectivity index (χ4n) is 2.92. The molecular formula is C18H21N7O3. The summed E-state index contributed by atoms with van der Waals surface area (Å²) in [5, 5.41) is 14.5. The van der Waals surface area contributed by atoms with E-state index in [1.165, 1.54) is 37.0 Å². The maximum atomic E-state index is 12.1. The summed E-state index contributed by atoms with van der Waals surface area (Å²) in [5.74, 6) is -0.540. The first-order valence-electron chi connectivity index (χ1n) is 9.03. The number of anilines is 2. The summed E-state index contributed by atoms with van der Waals surface area (Å²) in [5.41, 5.74) is 6.05. The Labute approximate surface area is 161 Å². The van der Waals surface area contributed by atoms with E-state index in [2.05, 4.69) is 37.2 Å². The fourth-order valence-corrected chi connectivity index (χ4v) is 2.92. The predicted octanol–water partition coefficient (Wildman–Crippen LogP) is 2.84. The van der Waals surface area contributed by atoms with E-state index in [1.54, 1.807) is 12.1 Å². The average Bonchev–Trinajstić information content (AvgIpc) is 2.73. The summed E-state index contributed by atoms with van der Waals surface area (Å²) in [6.45, 7) is 0.531. The molecule has 0 fully saturated rings. The standard InChI is InChI=1S/C18H21N7O3/c26-18(14-8-4-5-10-19-14)24-23-17-15(25(27)28)16(21-12-22-17)20-11-9-13-6-2-1-3-7-13/h4-6,8,10,12H,1-3,7,9,11H2,(H,24,26)(H2,20,21,22,23). The number of hydrogen-bond acceptors (Lipinski definition) is 8. The lowest BCUT2D eigenvalue weighted by atomic mass is 9.97. The molecule has 3 rings (SSSR count). The Morgan fingerprint density at radius 1 is 1.18 bits per heavy atom. The van der Waals surface area contributed by atoms with Crippen LogP contribution in [0.15, 0.2) is 42.4 Å². The Kier molecular flexibility index (Phi) is 6.45. The van der Waals surface area contributed by atoms with Gasteiger partial charge >= 0.3 is 5.69 Å². The van der Waals surface area contributed by atoms with Gasteiger partial charge in [-0.3, -0.25) is 30.7 Å². The van der Waals surface area contributed by atoms with Crippen molar-refractivity contribution in [1.29, 1.82) is 0 Å². The van der Waals surface area contributed by atoms with Gasteiger partial charge in [-0.05, 0) is 44.2 Å². The molecule has 0 spiro atoms. The zero-order chi connectivity index (χ0) is 19.8. The second-order valence-corrected chi connectivity index (χ2v) is 6.26. The molecule has 1 aliphatic carbocycles. The lowest BCUT2D eigenvalue weighted by molar-refractivity contribution is -0.383. The second kappa shape index (κ2) is 9.40. The first kappa shape index (κ1) is 19.2. The van der Waals surface area contributed by atoms with E-state index in [0.29, 0.717) is 6.54 Å². The first-order valence-corrected chi connectivity index (χ1v) is 9.03. The molecule has 146 valence electrons. The molecule has 0 bridgehead atoms. The van der Waals surface area contributed by atoms with E-state index >= 15 is 0 Å². The Morgan fingerprint density at radius 2 is 2.04 bits per heavy atom. The number of carbonyl (C=O) groups is 1. The summed E-state index contributed by atoms with van der Waals surface area (Å²) in [7, 11) is 0. The van der Waals surface area contributed by atoms with Gasteiger partial charge in [0.25, 0.3) is 5.91 Å². The van der Waals surface area contributed by atoms with Crippen molar-refractivity contribution in [3.8, 4) is 0 Å². The SMILES string of the molecule is O=C(NNc1ncnc(NCCC2=CCCCC2)c1[N+](=O)[O-])c1ccccn1. The van der Waals surface area contributed by atoms with Crippen LogP contribution in [-0.2, 0) is 0 Å². The van der Waals surface area contributed by atoms with Gasteiger partial charge in [0.1, 0.15) is 12.0 Å². The van der Waals surface area contributed by atoms with Crippen LogP contribution in [0.1, 0.15) is 42.6 Å². The van der Waals surface area contributed by atoms with Crippen molar-refractivity contribution in [2.45, 2.75) is 32.1 Å². The minimum Gasteiger partial charge on any atom is -0.364 e. The van der Waals surface area contributed by atoms with Gasteiger partial charge in [-0.1, -0.05) is 17.7 Å². The predicted molar refractivity (Wildman–Crippen MR) is 104 cm³/mol. The molecule has 0 atom stereocenters. The molecular weight excluding hydrogens is 362 g/mol. The summed E-state index contributed by atoms with van der Waals surface area (Å²) in [6, 6.07) is 4.87. The van der Waals surface area contributed by atoms with Crippen molar-refractivity contribution in [2.24, 2.45) is 0 Å². The van der Waals surface area contributed by atoms with Gasteiger partial charge in [0.15, 0.2) is 0 Å². The number of hydrazine groups is 1. The number of nitrogens with zero attached hydrogens (tertiary/aromatic N) is 4. The number of aromatic nitrogens is 3. The maximum Gasteiger partial charge on any atom is 0.354 e. The largest absolute Gasteiger partial charge is 0.364 e. The number of pyridine rings is 1. The van der Waals surface area contributed by atoms with Crippen LogP contribution in [0.5, 0.6) is 0 Å². The zero-order valence-electron chi connectivity index (χ0n) is 15.2. The number of amides is 1. The van der Waals surface area contributed by atoms with Gasteiger partial charge in [0, 0.05) is 12.7 Å². The Balaban J connectivity index is 1.66. The topological polar surface area (TPSA) is 135 Å². The van der Waals surface area contributed by atoms with Crippen molar-refractivity contribution in [3.05, 3.63) is 58.2 Å². The number of allylic oxidation sites excluding steroid dienone is 1. The van der Waals surface area contributed by atoms with Crippen LogP contribution in [0.3, 0.4) is 0 Å².